The Morgan fingerprint density at radius 2 is 1.96 bits per heavy atom. The average molecular weight is 371 g/mol. The van der Waals surface area contributed by atoms with Crippen molar-refractivity contribution in [3.05, 3.63) is 65.2 Å². The molecule has 0 aliphatic carbocycles. The minimum atomic E-state index is -0.169. The standard InChI is InChI=1S/C19H19ClN4O2/c1-13-7-14(2)9-16(8-13)26-6-5-19(25)23-17-10-15(20)3-4-18(17)24-12-21-11-22-24/h3-4,7-12H,5-6H2,1-2H3,(H,23,25). The van der Waals surface area contributed by atoms with Crippen molar-refractivity contribution in [2.75, 3.05) is 11.9 Å². The molecule has 0 unspecified atom stereocenters. The summed E-state index contributed by atoms with van der Waals surface area (Å²) >= 11 is 6.05. The fraction of sp³-hybridized carbons (Fsp3) is 0.211. The van der Waals surface area contributed by atoms with Crippen LogP contribution in [0, 0.1) is 13.8 Å². The highest BCUT2D eigenvalue weighted by Gasteiger charge is 2.10. The van der Waals surface area contributed by atoms with Crippen LogP contribution in [0.15, 0.2) is 49.1 Å². The lowest BCUT2D eigenvalue weighted by Gasteiger charge is -2.12. The minimum Gasteiger partial charge on any atom is -0.493 e. The Morgan fingerprint density at radius 3 is 2.65 bits per heavy atom. The first kappa shape index (κ1) is 17.9. The lowest BCUT2D eigenvalue weighted by Crippen LogP contribution is -2.16. The van der Waals surface area contributed by atoms with Crippen LogP contribution in [0.3, 0.4) is 0 Å². The van der Waals surface area contributed by atoms with Crippen LogP contribution in [-0.4, -0.2) is 27.3 Å². The summed E-state index contributed by atoms with van der Waals surface area (Å²) in [6.07, 6.45) is 3.20. The van der Waals surface area contributed by atoms with E-state index in [1.54, 1.807) is 29.2 Å². The summed E-state index contributed by atoms with van der Waals surface area (Å²) in [5.41, 5.74) is 3.51. The van der Waals surface area contributed by atoms with Gasteiger partial charge in [-0.05, 0) is 55.3 Å². The maximum absolute atomic E-state index is 12.3. The summed E-state index contributed by atoms with van der Waals surface area (Å²) in [5, 5.41) is 7.47. The third-order valence-corrected chi connectivity index (χ3v) is 3.93. The average Bonchev–Trinajstić information content (AvgIpc) is 3.08. The van der Waals surface area contributed by atoms with Crippen LogP contribution in [0.4, 0.5) is 5.69 Å². The molecule has 1 amide bonds. The minimum absolute atomic E-state index is 0.169. The van der Waals surface area contributed by atoms with Crippen LogP contribution >= 0.6 is 11.6 Å². The smallest absolute Gasteiger partial charge is 0.227 e. The number of aryl methyl sites for hydroxylation is 2. The van der Waals surface area contributed by atoms with Gasteiger partial charge in [0.05, 0.1) is 24.4 Å². The van der Waals surface area contributed by atoms with Gasteiger partial charge in [0.25, 0.3) is 0 Å². The van der Waals surface area contributed by atoms with Crippen molar-refractivity contribution >= 4 is 23.2 Å². The molecule has 0 atom stereocenters. The van der Waals surface area contributed by atoms with Gasteiger partial charge in [0, 0.05) is 5.02 Å². The molecule has 134 valence electrons. The molecule has 0 radical (unpaired) electrons. The van der Waals surface area contributed by atoms with E-state index in [1.165, 1.54) is 6.33 Å². The van der Waals surface area contributed by atoms with Crippen molar-refractivity contribution in [2.24, 2.45) is 0 Å². The largest absolute Gasteiger partial charge is 0.493 e. The highest BCUT2D eigenvalue weighted by molar-refractivity contribution is 6.31. The second-order valence-electron chi connectivity index (χ2n) is 5.97. The van der Waals surface area contributed by atoms with E-state index in [9.17, 15) is 4.79 Å². The monoisotopic (exact) mass is 370 g/mol. The molecule has 3 rings (SSSR count). The molecule has 1 heterocycles. The first-order chi connectivity index (χ1) is 12.5. The summed E-state index contributed by atoms with van der Waals surface area (Å²) in [6, 6.07) is 11.2. The number of halogens is 1. The van der Waals surface area contributed by atoms with Gasteiger partial charge in [0.2, 0.25) is 5.91 Å². The summed E-state index contributed by atoms with van der Waals surface area (Å²) < 4.78 is 7.26. The van der Waals surface area contributed by atoms with E-state index < -0.39 is 0 Å². The van der Waals surface area contributed by atoms with Crippen molar-refractivity contribution in [1.82, 2.24) is 14.8 Å². The lowest BCUT2D eigenvalue weighted by atomic mass is 10.1. The number of ether oxygens (including phenoxy) is 1. The van der Waals surface area contributed by atoms with Crippen molar-refractivity contribution in [1.29, 1.82) is 0 Å². The van der Waals surface area contributed by atoms with Crippen molar-refractivity contribution in [3.63, 3.8) is 0 Å². The molecule has 0 saturated heterocycles. The molecule has 0 spiro atoms. The Labute approximate surface area is 156 Å². The van der Waals surface area contributed by atoms with E-state index >= 15 is 0 Å². The number of benzene rings is 2. The molecule has 0 aliphatic rings. The van der Waals surface area contributed by atoms with Gasteiger partial charge in [-0.15, -0.1) is 0 Å². The molecule has 1 aromatic heterocycles. The van der Waals surface area contributed by atoms with Crippen molar-refractivity contribution < 1.29 is 9.53 Å². The Balaban J connectivity index is 1.62. The van der Waals surface area contributed by atoms with E-state index in [0.29, 0.717) is 16.4 Å². The van der Waals surface area contributed by atoms with Gasteiger partial charge < -0.3 is 10.1 Å². The summed E-state index contributed by atoms with van der Waals surface area (Å²) in [4.78, 5) is 16.2. The molecule has 3 aromatic rings. The zero-order chi connectivity index (χ0) is 18.5. The van der Waals surface area contributed by atoms with E-state index in [2.05, 4.69) is 21.5 Å². The maximum atomic E-state index is 12.3. The number of aromatic nitrogens is 3. The molecule has 26 heavy (non-hydrogen) atoms. The predicted octanol–water partition coefficient (Wildman–Crippen LogP) is 3.95. The first-order valence-electron chi connectivity index (χ1n) is 8.17. The Kier molecular flexibility index (Phi) is 5.53. The van der Waals surface area contributed by atoms with Gasteiger partial charge >= 0.3 is 0 Å². The SMILES string of the molecule is Cc1cc(C)cc(OCCC(=O)Nc2cc(Cl)ccc2-n2cncn2)c1. The van der Waals surface area contributed by atoms with Crippen LogP contribution in [0.2, 0.25) is 5.02 Å². The van der Waals surface area contributed by atoms with Crippen LogP contribution in [0.25, 0.3) is 5.69 Å². The fourth-order valence-electron chi connectivity index (χ4n) is 2.63. The Morgan fingerprint density at radius 1 is 1.19 bits per heavy atom. The van der Waals surface area contributed by atoms with Gasteiger partial charge in [0.1, 0.15) is 18.4 Å². The lowest BCUT2D eigenvalue weighted by molar-refractivity contribution is -0.116. The summed E-state index contributed by atoms with van der Waals surface area (Å²) in [6.45, 7) is 4.31. The molecular formula is C19H19ClN4O2. The van der Waals surface area contributed by atoms with E-state index in [1.807, 2.05) is 26.0 Å². The van der Waals surface area contributed by atoms with E-state index in [4.69, 9.17) is 16.3 Å². The highest BCUT2D eigenvalue weighted by Crippen LogP contribution is 2.24. The maximum Gasteiger partial charge on any atom is 0.227 e. The Bertz CT molecular complexity index is 890. The van der Waals surface area contributed by atoms with Gasteiger partial charge in [-0.25, -0.2) is 9.67 Å². The predicted molar refractivity (Wildman–Crippen MR) is 101 cm³/mol. The molecule has 0 fully saturated rings. The quantitative estimate of drug-likeness (QED) is 0.713. The summed E-state index contributed by atoms with van der Waals surface area (Å²) in [5.74, 6) is 0.597. The number of anilines is 1. The number of nitrogens with one attached hydrogen (secondary N) is 1. The van der Waals surface area contributed by atoms with Crippen LogP contribution in [0.5, 0.6) is 5.75 Å². The van der Waals surface area contributed by atoms with Crippen LogP contribution < -0.4 is 10.1 Å². The number of rotatable bonds is 6. The zero-order valence-corrected chi connectivity index (χ0v) is 15.3. The second kappa shape index (κ2) is 8.01. The van der Waals surface area contributed by atoms with E-state index in [0.717, 1.165) is 16.9 Å². The van der Waals surface area contributed by atoms with Crippen molar-refractivity contribution in [3.8, 4) is 11.4 Å². The number of amides is 1. The fourth-order valence-corrected chi connectivity index (χ4v) is 2.80. The van der Waals surface area contributed by atoms with Gasteiger partial charge in [-0.2, -0.15) is 5.10 Å². The Hall–Kier alpha value is -2.86. The van der Waals surface area contributed by atoms with Crippen LogP contribution in [0.1, 0.15) is 17.5 Å². The van der Waals surface area contributed by atoms with E-state index in [-0.39, 0.29) is 18.9 Å². The number of hydrogen-bond acceptors (Lipinski definition) is 4. The molecule has 1 N–H and O–H groups in total. The van der Waals surface area contributed by atoms with Gasteiger partial charge in [0.15, 0.2) is 0 Å². The van der Waals surface area contributed by atoms with Gasteiger partial charge in [-0.1, -0.05) is 17.7 Å². The molecule has 0 saturated carbocycles. The number of hydrogen-bond donors (Lipinski definition) is 1. The highest BCUT2D eigenvalue weighted by atomic mass is 35.5. The number of carbonyl (C=O) groups is 1. The third kappa shape index (κ3) is 4.61. The number of nitrogens with zero attached hydrogens (tertiary/aromatic N) is 3. The molecule has 6 nitrogen and oxygen atoms in total. The van der Waals surface area contributed by atoms with Gasteiger partial charge in [-0.3, -0.25) is 4.79 Å². The van der Waals surface area contributed by atoms with Crippen LogP contribution in [-0.2, 0) is 4.79 Å². The summed E-state index contributed by atoms with van der Waals surface area (Å²) in [7, 11) is 0. The molecule has 0 aliphatic heterocycles. The molecule has 7 heteroatoms. The molecule has 0 bridgehead atoms. The topological polar surface area (TPSA) is 69.0 Å². The van der Waals surface area contributed by atoms with Crippen molar-refractivity contribution in [2.45, 2.75) is 20.3 Å². The zero-order valence-electron chi connectivity index (χ0n) is 14.6. The number of carbonyl (C=O) groups excluding carboxylic acids is 1. The first-order valence-corrected chi connectivity index (χ1v) is 8.54. The second-order valence-corrected chi connectivity index (χ2v) is 6.41. The molecule has 2 aromatic carbocycles. The normalized spacial score (nSPS) is 10.6. The third-order valence-electron chi connectivity index (χ3n) is 3.69. The molecular weight excluding hydrogens is 352 g/mol.